The highest BCUT2D eigenvalue weighted by atomic mass is 19.1. The second-order valence-corrected chi connectivity index (χ2v) is 7.20. The van der Waals surface area contributed by atoms with Crippen LogP contribution in [0.15, 0.2) is 67.4 Å². The van der Waals surface area contributed by atoms with Crippen LogP contribution in [0.3, 0.4) is 0 Å². The number of H-pyrrole nitrogens is 2. The zero-order valence-corrected chi connectivity index (χ0v) is 16.3. The number of hydrogen-bond acceptors (Lipinski definition) is 5. The smallest absolute Gasteiger partial charge is 0.159 e. The Labute approximate surface area is 179 Å². The minimum absolute atomic E-state index is 0.307. The molecule has 7 nitrogen and oxygen atoms in total. The van der Waals surface area contributed by atoms with Gasteiger partial charge in [-0.05, 0) is 42.5 Å². The molecule has 4 heterocycles. The van der Waals surface area contributed by atoms with Crippen molar-refractivity contribution >= 4 is 21.9 Å². The highest BCUT2D eigenvalue weighted by Gasteiger charge is 2.20. The summed E-state index contributed by atoms with van der Waals surface area (Å²) < 4.78 is 28.9. The molecule has 0 bridgehead atoms. The second-order valence-electron chi connectivity index (χ2n) is 7.20. The van der Waals surface area contributed by atoms with Crippen LogP contribution in [-0.2, 0) is 0 Å². The van der Waals surface area contributed by atoms with Crippen LogP contribution in [0.1, 0.15) is 0 Å². The fourth-order valence-corrected chi connectivity index (χ4v) is 3.77. The van der Waals surface area contributed by atoms with Gasteiger partial charge in [0.1, 0.15) is 29.2 Å². The molecular formula is C23H13F2N7. The molecule has 4 aromatic heterocycles. The summed E-state index contributed by atoms with van der Waals surface area (Å²) in [5.41, 5.74) is 4.41. The summed E-state index contributed by atoms with van der Waals surface area (Å²) in [6, 6.07) is 11.2. The zero-order chi connectivity index (χ0) is 21.7. The molecule has 0 aliphatic heterocycles. The number of rotatable bonds is 3. The van der Waals surface area contributed by atoms with Gasteiger partial charge < -0.3 is 4.98 Å². The molecule has 0 radical (unpaired) electrons. The first-order valence-electron chi connectivity index (χ1n) is 9.72. The van der Waals surface area contributed by atoms with E-state index >= 15 is 4.39 Å². The summed E-state index contributed by atoms with van der Waals surface area (Å²) in [6.07, 6.45) is 6.14. The number of imidazole rings is 1. The van der Waals surface area contributed by atoms with Gasteiger partial charge in [0.05, 0.1) is 22.1 Å². The third-order valence-corrected chi connectivity index (χ3v) is 5.28. The summed E-state index contributed by atoms with van der Waals surface area (Å²) in [7, 11) is 0. The Kier molecular flexibility index (Phi) is 4.00. The van der Waals surface area contributed by atoms with E-state index in [2.05, 4.69) is 35.1 Å². The predicted molar refractivity (Wildman–Crippen MR) is 115 cm³/mol. The molecule has 6 aromatic rings. The van der Waals surface area contributed by atoms with Crippen LogP contribution in [0, 0.1) is 11.6 Å². The Hall–Kier alpha value is -4.53. The molecule has 6 rings (SSSR count). The SMILES string of the molecule is Fc1ccc(-c2nccc3[nH]c(-c4n[nH]c5ccc(-c6cncnc6)c(F)c45)nc23)cc1. The molecular weight excluding hydrogens is 412 g/mol. The third-order valence-electron chi connectivity index (χ3n) is 5.28. The molecule has 0 atom stereocenters. The number of benzene rings is 2. The normalized spacial score (nSPS) is 11.4. The molecule has 0 unspecified atom stereocenters. The predicted octanol–water partition coefficient (Wildman–Crippen LogP) is 4.90. The Morgan fingerprint density at radius 3 is 2.41 bits per heavy atom. The van der Waals surface area contributed by atoms with Gasteiger partial charge in [0.15, 0.2) is 5.82 Å². The Bertz CT molecular complexity index is 1590. The molecule has 9 heteroatoms. The Balaban J connectivity index is 1.54. The van der Waals surface area contributed by atoms with E-state index in [0.717, 1.165) is 5.56 Å². The molecule has 0 spiro atoms. The Morgan fingerprint density at radius 1 is 0.781 bits per heavy atom. The van der Waals surface area contributed by atoms with Gasteiger partial charge in [-0.3, -0.25) is 10.1 Å². The van der Waals surface area contributed by atoms with Crippen molar-refractivity contribution < 1.29 is 8.78 Å². The molecule has 2 N–H and O–H groups in total. The fourth-order valence-electron chi connectivity index (χ4n) is 3.77. The van der Waals surface area contributed by atoms with Crippen molar-refractivity contribution in [3.05, 3.63) is 79.0 Å². The first-order valence-corrected chi connectivity index (χ1v) is 9.72. The van der Waals surface area contributed by atoms with Crippen LogP contribution in [0.4, 0.5) is 8.78 Å². The molecule has 0 saturated carbocycles. The van der Waals surface area contributed by atoms with Gasteiger partial charge in [-0.2, -0.15) is 5.10 Å². The number of pyridine rings is 1. The van der Waals surface area contributed by atoms with E-state index in [0.29, 0.717) is 50.3 Å². The quantitative estimate of drug-likeness (QED) is 0.420. The van der Waals surface area contributed by atoms with Crippen LogP contribution in [0.5, 0.6) is 0 Å². The third kappa shape index (κ3) is 2.83. The van der Waals surface area contributed by atoms with E-state index in [1.165, 1.54) is 18.5 Å². The van der Waals surface area contributed by atoms with Crippen molar-refractivity contribution in [1.82, 2.24) is 35.1 Å². The summed E-state index contributed by atoms with van der Waals surface area (Å²) in [5, 5.41) is 7.48. The first-order chi connectivity index (χ1) is 15.7. The average molecular weight is 425 g/mol. The van der Waals surface area contributed by atoms with E-state index < -0.39 is 5.82 Å². The largest absolute Gasteiger partial charge is 0.336 e. The van der Waals surface area contributed by atoms with Crippen molar-refractivity contribution in [3.63, 3.8) is 0 Å². The molecule has 0 aliphatic rings. The van der Waals surface area contributed by atoms with Gasteiger partial charge in [-0.25, -0.2) is 23.7 Å². The summed E-state index contributed by atoms with van der Waals surface area (Å²) in [4.78, 5) is 20.2. The summed E-state index contributed by atoms with van der Waals surface area (Å²) in [6.45, 7) is 0. The molecule has 0 fully saturated rings. The molecule has 0 aliphatic carbocycles. The van der Waals surface area contributed by atoms with Gasteiger partial charge in [-0.1, -0.05) is 0 Å². The van der Waals surface area contributed by atoms with Crippen molar-refractivity contribution in [2.75, 3.05) is 0 Å². The highest BCUT2D eigenvalue weighted by Crippen LogP contribution is 2.34. The average Bonchev–Trinajstić information content (AvgIpc) is 3.45. The highest BCUT2D eigenvalue weighted by molar-refractivity contribution is 5.98. The van der Waals surface area contributed by atoms with Crippen LogP contribution in [0.2, 0.25) is 0 Å². The molecule has 0 amide bonds. The van der Waals surface area contributed by atoms with Crippen molar-refractivity contribution in [2.45, 2.75) is 0 Å². The maximum atomic E-state index is 15.6. The van der Waals surface area contributed by atoms with E-state index in [-0.39, 0.29) is 5.82 Å². The fraction of sp³-hybridized carbons (Fsp3) is 0. The number of halogens is 2. The van der Waals surface area contributed by atoms with Gasteiger partial charge >= 0.3 is 0 Å². The Morgan fingerprint density at radius 2 is 1.59 bits per heavy atom. The minimum Gasteiger partial charge on any atom is -0.336 e. The van der Waals surface area contributed by atoms with E-state index in [1.54, 1.807) is 48.9 Å². The molecule has 32 heavy (non-hydrogen) atoms. The van der Waals surface area contributed by atoms with Gasteiger partial charge in [-0.15, -0.1) is 0 Å². The standard InChI is InChI=1S/C23H13F2N7/c24-14-3-1-12(2-4-14)20-21-17(7-8-28-20)29-23(30-21)22-18-16(31-32-22)6-5-15(19(18)25)13-9-26-11-27-10-13/h1-11H,(H,29,30)(H,31,32). The molecule has 154 valence electrons. The number of nitrogens with one attached hydrogen (secondary N) is 2. The van der Waals surface area contributed by atoms with Crippen LogP contribution < -0.4 is 0 Å². The lowest BCUT2D eigenvalue weighted by Gasteiger charge is -2.04. The topological polar surface area (TPSA) is 96.0 Å². The first kappa shape index (κ1) is 18.3. The lowest BCUT2D eigenvalue weighted by molar-refractivity contribution is 0.628. The van der Waals surface area contributed by atoms with Crippen LogP contribution in [-0.4, -0.2) is 35.1 Å². The monoisotopic (exact) mass is 425 g/mol. The molecule has 2 aromatic carbocycles. The van der Waals surface area contributed by atoms with E-state index in [1.807, 2.05) is 0 Å². The number of hydrogen-bond donors (Lipinski definition) is 2. The second kappa shape index (κ2) is 7.02. The lowest BCUT2D eigenvalue weighted by Crippen LogP contribution is -1.90. The zero-order valence-electron chi connectivity index (χ0n) is 16.3. The van der Waals surface area contributed by atoms with E-state index in [4.69, 9.17) is 0 Å². The van der Waals surface area contributed by atoms with E-state index in [9.17, 15) is 4.39 Å². The van der Waals surface area contributed by atoms with Crippen LogP contribution >= 0.6 is 0 Å². The van der Waals surface area contributed by atoms with Crippen molar-refractivity contribution in [2.24, 2.45) is 0 Å². The van der Waals surface area contributed by atoms with Crippen molar-refractivity contribution in [3.8, 4) is 33.9 Å². The number of aromatic amines is 2. The maximum Gasteiger partial charge on any atom is 0.159 e. The lowest BCUT2D eigenvalue weighted by atomic mass is 10.0. The maximum absolute atomic E-state index is 15.6. The number of aromatic nitrogens is 7. The summed E-state index contributed by atoms with van der Waals surface area (Å²) in [5.74, 6) is -0.386. The minimum atomic E-state index is -0.446. The number of nitrogens with zero attached hydrogens (tertiary/aromatic N) is 5. The van der Waals surface area contributed by atoms with Crippen molar-refractivity contribution in [1.29, 1.82) is 0 Å². The van der Waals surface area contributed by atoms with Gasteiger partial charge in [0, 0.05) is 35.3 Å². The number of fused-ring (bicyclic) bond motifs is 2. The van der Waals surface area contributed by atoms with Gasteiger partial charge in [0.25, 0.3) is 0 Å². The van der Waals surface area contributed by atoms with Gasteiger partial charge in [0.2, 0.25) is 0 Å². The van der Waals surface area contributed by atoms with Crippen LogP contribution in [0.25, 0.3) is 55.8 Å². The summed E-state index contributed by atoms with van der Waals surface area (Å²) >= 11 is 0. The molecule has 0 saturated heterocycles.